The summed E-state index contributed by atoms with van der Waals surface area (Å²) in [5.74, 6) is 0.631. The van der Waals surface area contributed by atoms with Crippen LogP contribution in [0.15, 0.2) is 36.4 Å². The second-order valence-corrected chi connectivity index (χ2v) is 7.33. The Kier molecular flexibility index (Phi) is 3.83. The molecule has 0 saturated heterocycles. The summed E-state index contributed by atoms with van der Waals surface area (Å²) in [5.41, 5.74) is 3.99. The van der Waals surface area contributed by atoms with Crippen molar-refractivity contribution in [2.45, 2.75) is 32.4 Å². The lowest BCUT2D eigenvalue weighted by atomic mass is 10.0. The third-order valence-electron chi connectivity index (χ3n) is 4.58. The molecule has 0 aromatic heterocycles. The van der Waals surface area contributed by atoms with E-state index in [1.54, 1.807) is 18.2 Å². The Morgan fingerprint density at radius 2 is 2.04 bits per heavy atom. The largest absolute Gasteiger partial charge is 0.487 e. The van der Waals surface area contributed by atoms with E-state index in [0.29, 0.717) is 17.8 Å². The van der Waals surface area contributed by atoms with Crippen molar-refractivity contribution in [2.24, 2.45) is 0 Å². The number of carbonyl (C=O) groups is 2. The van der Waals surface area contributed by atoms with E-state index >= 15 is 0 Å². The molecular weight excluding hydrogens is 330 g/mol. The van der Waals surface area contributed by atoms with Crippen LogP contribution in [0.3, 0.4) is 0 Å². The molecule has 0 spiro atoms. The quantitative estimate of drug-likeness (QED) is 0.794. The maximum Gasteiger partial charge on any atom is 0.251 e. The van der Waals surface area contributed by atoms with E-state index in [4.69, 9.17) is 4.74 Å². The second kappa shape index (κ2) is 6.05. The molecule has 2 aromatic rings. The van der Waals surface area contributed by atoms with Gasteiger partial charge in [0.25, 0.3) is 5.91 Å². The molecular formula is C20H21N3O3. The molecule has 0 fully saturated rings. The van der Waals surface area contributed by atoms with Crippen LogP contribution in [-0.2, 0) is 17.8 Å². The SMILES string of the molecule is CC1(C)Cc2cc(CNC(=O)c3ccc4c(c3)NC(=O)CN4)ccc2O1. The Balaban J connectivity index is 1.44. The molecule has 0 unspecified atom stereocenters. The number of carbonyl (C=O) groups excluding carboxylic acids is 2. The van der Waals surface area contributed by atoms with Crippen LogP contribution in [0.5, 0.6) is 5.75 Å². The Labute approximate surface area is 151 Å². The van der Waals surface area contributed by atoms with Gasteiger partial charge in [0, 0.05) is 18.5 Å². The highest BCUT2D eigenvalue weighted by Gasteiger charge is 2.29. The van der Waals surface area contributed by atoms with Crippen molar-refractivity contribution in [3.63, 3.8) is 0 Å². The lowest BCUT2D eigenvalue weighted by Crippen LogP contribution is -2.28. The van der Waals surface area contributed by atoms with E-state index < -0.39 is 0 Å². The number of anilines is 2. The van der Waals surface area contributed by atoms with Crippen LogP contribution in [0.1, 0.15) is 35.3 Å². The Hall–Kier alpha value is -3.02. The standard InChI is InChI=1S/C20H21N3O3/c1-20(2)9-14-7-12(3-6-17(14)26-20)10-22-19(25)13-4-5-15-16(8-13)23-18(24)11-21-15/h3-8,21H,9-11H2,1-2H3,(H,22,25)(H,23,24). The van der Waals surface area contributed by atoms with Crippen LogP contribution >= 0.6 is 0 Å². The molecule has 0 bridgehead atoms. The summed E-state index contributed by atoms with van der Waals surface area (Å²) in [5, 5.41) is 8.71. The van der Waals surface area contributed by atoms with Crippen molar-refractivity contribution < 1.29 is 14.3 Å². The first kappa shape index (κ1) is 16.4. The van der Waals surface area contributed by atoms with Gasteiger partial charge in [0.05, 0.1) is 17.9 Å². The molecule has 0 saturated carbocycles. The van der Waals surface area contributed by atoms with Crippen LogP contribution in [0, 0.1) is 0 Å². The van der Waals surface area contributed by atoms with Gasteiger partial charge < -0.3 is 20.7 Å². The zero-order chi connectivity index (χ0) is 18.3. The Bertz CT molecular complexity index is 905. The Morgan fingerprint density at radius 1 is 1.19 bits per heavy atom. The van der Waals surface area contributed by atoms with Crippen molar-refractivity contribution in [1.29, 1.82) is 0 Å². The Morgan fingerprint density at radius 3 is 2.88 bits per heavy atom. The number of fused-ring (bicyclic) bond motifs is 2. The fourth-order valence-corrected chi connectivity index (χ4v) is 3.37. The van der Waals surface area contributed by atoms with E-state index in [0.717, 1.165) is 23.4 Å². The average Bonchev–Trinajstić information content (AvgIpc) is 2.91. The zero-order valence-corrected chi connectivity index (χ0v) is 14.8. The van der Waals surface area contributed by atoms with Crippen molar-refractivity contribution in [3.8, 4) is 5.75 Å². The molecule has 0 aliphatic carbocycles. The summed E-state index contributed by atoms with van der Waals surface area (Å²) in [6, 6.07) is 11.3. The van der Waals surface area contributed by atoms with E-state index in [-0.39, 0.29) is 24.0 Å². The van der Waals surface area contributed by atoms with Crippen LogP contribution in [0.2, 0.25) is 0 Å². The van der Waals surface area contributed by atoms with Gasteiger partial charge in [0.15, 0.2) is 0 Å². The summed E-state index contributed by atoms with van der Waals surface area (Å²) in [6.07, 6.45) is 0.863. The van der Waals surface area contributed by atoms with E-state index in [2.05, 4.69) is 35.9 Å². The minimum Gasteiger partial charge on any atom is -0.487 e. The molecule has 6 heteroatoms. The van der Waals surface area contributed by atoms with Gasteiger partial charge in [0.1, 0.15) is 11.4 Å². The van der Waals surface area contributed by atoms with Crippen LogP contribution in [-0.4, -0.2) is 24.0 Å². The van der Waals surface area contributed by atoms with Gasteiger partial charge in [-0.2, -0.15) is 0 Å². The molecule has 0 radical (unpaired) electrons. The van der Waals surface area contributed by atoms with Crippen molar-refractivity contribution >= 4 is 23.2 Å². The molecule has 2 amide bonds. The highest BCUT2D eigenvalue weighted by molar-refractivity contribution is 6.03. The lowest BCUT2D eigenvalue weighted by molar-refractivity contribution is -0.114. The normalized spacial score (nSPS) is 16.6. The third kappa shape index (κ3) is 3.22. The minimum absolute atomic E-state index is 0.113. The monoisotopic (exact) mass is 351 g/mol. The first-order valence-electron chi connectivity index (χ1n) is 8.66. The number of amides is 2. The molecule has 6 nitrogen and oxygen atoms in total. The third-order valence-corrected chi connectivity index (χ3v) is 4.58. The first-order chi connectivity index (χ1) is 12.4. The van der Waals surface area contributed by atoms with Gasteiger partial charge in [-0.3, -0.25) is 9.59 Å². The van der Waals surface area contributed by atoms with Gasteiger partial charge in [-0.05, 0) is 49.2 Å². The topological polar surface area (TPSA) is 79.5 Å². The summed E-state index contributed by atoms with van der Waals surface area (Å²) in [4.78, 5) is 23.9. The fraction of sp³-hybridized carbons (Fsp3) is 0.300. The lowest BCUT2D eigenvalue weighted by Gasteiger charge is -2.19. The highest BCUT2D eigenvalue weighted by atomic mass is 16.5. The van der Waals surface area contributed by atoms with Crippen LogP contribution in [0.4, 0.5) is 11.4 Å². The van der Waals surface area contributed by atoms with Crippen molar-refractivity contribution in [1.82, 2.24) is 5.32 Å². The summed E-state index contributed by atoms with van der Waals surface area (Å²) < 4.78 is 5.88. The molecule has 4 rings (SSSR count). The molecule has 2 aliphatic heterocycles. The summed E-state index contributed by atoms with van der Waals surface area (Å²) >= 11 is 0. The molecule has 0 atom stereocenters. The van der Waals surface area contributed by atoms with Gasteiger partial charge in [-0.15, -0.1) is 0 Å². The van der Waals surface area contributed by atoms with Gasteiger partial charge >= 0.3 is 0 Å². The van der Waals surface area contributed by atoms with Crippen molar-refractivity contribution in [2.75, 3.05) is 17.2 Å². The van der Waals surface area contributed by atoms with E-state index in [9.17, 15) is 9.59 Å². The molecule has 2 aromatic carbocycles. The number of ether oxygens (including phenoxy) is 1. The smallest absolute Gasteiger partial charge is 0.251 e. The molecule has 3 N–H and O–H groups in total. The predicted octanol–water partition coefficient (Wildman–Crippen LogP) is 2.69. The minimum atomic E-state index is -0.176. The zero-order valence-electron chi connectivity index (χ0n) is 14.8. The summed E-state index contributed by atoms with van der Waals surface area (Å²) in [7, 11) is 0. The number of rotatable bonds is 3. The first-order valence-corrected chi connectivity index (χ1v) is 8.66. The van der Waals surface area contributed by atoms with Gasteiger partial charge in [0.2, 0.25) is 5.91 Å². The van der Waals surface area contributed by atoms with Crippen LogP contribution < -0.4 is 20.7 Å². The van der Waals surface area contributed by atoms with Crippen molar-refractivity contribution in [3.05, 3.63) is 53.1 Å². The molecule has 26 heavy (non-hydrogen) atoms. The molecule has 134 valence electrons. The number of hydrogen-bond donors (Lipinski definition) is 3. The van der Waals surface area contributed by atoms with E-state index in [1.165, 1.54) is 5.56 Å². The highest BCUT2D eigenvalue weighted by Crippen LogP contribution is 2.35. The van der Waals surface area contributed by atoms with E-state index in [1.807, 2.05) is 12.1 Å². The predicted molar refractivity (Wildman–Crippen MR) is 99.6 cm³/mol. The molecule has 2 heterocycles. The summed E-state index contributed by atoms with van der Waals surface area (Å²) in [6.45, 7) is 4.82. The average molecular weight is 351 g/mol. The number of benzene rings is 2. The van der Waals surface area contributed by atoms with Crippen LogP contribution in [0.25, 0.3) is 0 Å². The number of hydrogen-bond acceptors (Lipinski definition) is 4. The van der Waals surface area contributed by atoms with Gasteiger partial charge in [-0.25, -0.2) is 0 Å². The second-order valence-electron chi connectivity index (χ2n) is 7.33. The number of nitrogens with one attached hydrogen (secondary N) is 3. The maximum absolute atomic E-state index is 12.5. The molecule has 2 aliphatic rings. The maximum atomic E-state index is 12.5. The fourth-order valence-electron chi connectivity index (χ4n) is 3.37. The van der Waals surface area contributed by atoms with Gasteiger partial charge in [-0.1, -0.05) is 12.1 Å².